The number of anilines is 2. The van der Waals surface area contributed by atoms with Gasteiger partial charge in [-0.3, -0.25) is 14.2 Å². The molecule has 3 aromatic rings. The SMILES string of the molecule is CC(=O)C(=C(C)O)c1cc(NS(=O)(=O)c2ccc(Cl)cc2)ccc1NS(=O)(=O)c1ccc(Cl)cc1. The molecule has 184 valence electrons. The fourth-order valence-corrected chi connectivity index (χ4v) is 5.57. The highest BCUT2D eigenvalue weighted by Crippen LogP contribution is 2.32. The number of ketones is 1. The highest BCUT2D eigenvalue weighted by Gasteiger charge is 2.22. The first-order valence-corrected chi connectivity index (χ1v) is 13.6. The van der Waals surface area contributed by atoms with E-state index in [0.717, 1.165) is 0 Å². The third-order valence-corrected chi connectivity index (χ3v) is 8.03. The zero-order chi connectivity index (χ0) is 26.0. The number of benzene rings is 3. The topological polar surface area (TPSA) is 130 Å². The van der Waals surface area contributed by atoms with Gasteiger partial charge in [-0.2, -0.15) is 0 Å². The number of nitrogens with one attached hydrogen (secondary N) is 2. The van der Waals surface area contributed by atoms with Crippen LogP contribution in [0.5, 0.6) is 0 Å². The Balaban J connectivity index is 2.08. The van der Waals surface area contributed by atoms with E-state index in [9.17, 15) is 26.7 Å². The first-order chi connectivity index (χ1) is 16.3. The van der Waals surface area contributed by atoms with Gasteiger partial charge in [0.2, 0.25) is 0 Å². The maximum absolute atomic E-state index is 12.9. The van der Waals surface area contributed by atoms with Crippen LogP contribution in [0.4, 0.5) is 11.4 Å². The Morgan fingerprint density at radius 1 is 0.743 bits per heavy atom. The van der Waals surface area contributed by atoms with Crippen molar-refractivity contribution in [1.82, 2.24) is 0 Å². The van der Waals surface area contributed by atoms with Crippen molar-refractivity contribution in [3.05, 3.63) is 88.1 Å². The Hall–Kier alpha value is -3.05. The minimum Gasteiger partial charge on any atom is -0.512 e. The first kappa shape index (κ1) is 26.6. The van der Waals surface area contributed by atoms with Gasteiger partial charge in [0.05, 0.1) is 21.1 Å². The monoisotopic (exact) mass is 554 g/mol. The Labute approximate surface area is 213 Å². The molecular formula is C23H20Cl2N2O6S2. The summed E-state index contributed by atoms with van der Waals surface area (Å²) in [4.78, 5) is 12.2. The maximum atomic E-state index is 12.9. The van der Waals surface area contributed by atoms with E-state index in [2.05, 4.69) is 9.44 Å². The van der Waals surface area contributed by atoms with Gasteiger partial charge in [0.25, 0.3) is 20.0 Å². The molecule has 0 amide bonds. The molecule has 0 aromatic heterocycles. The summed E-state index contributed by atoms with van der Waals surface area (Å²) in [6, 6.07) is 14.8. The van der Waals surface area contributed by atoms with Crippen LogP contribution in [0.2, 0.25) is 10.0 Å². The van der Waals surface area contributed by atoms with Gasteiger partial charge in [0, 0.05) is 21.3 Å². The van der Waals surface area contributed by atoms with E-state index >= 15 is 0 Å². The third kappa shape index (κ3) is 6.34. The molecular weight excluding hydrogens is 535 g/mol. The summed E-state index contributed by atoms with van der Waals surface area (Å²) in [5, 5.41) is 10.9. The van der Waals surface area contributed by atoms with Crippen molar-refractivity contribution in [3.8, 4) is 0 Å². The van der Waals surface area contributed by atoms with E-state index in [0.29, 0.717) is 10.0 Å². The third-order valence-electron chi connectivity index (χ3n) is 4.75. The summed E-state index contributed by atoms with van der Waals surface area (Å²) >= 11 is 11.7. The second-order valence-electron chi connectivity index (χ2n) is 7.40. The van der Waals surface area contributed by atoms with E-state index < -0.39 is 25.8 Å². The van der Waals surface area contributed by atoms with Crippen LogP contribution in [0.25, 0.3) is 5.57 Å². The molecule has 0 aliphatic heterocycles. The number of carbonyl (C=O) groups is 1. The van der Waals surface area contributed by atoms with E-state index in [4.69, 9.17) is 23.2 Å². The number of sulfonamides is 2. The molecule has 0 unspecified atom stereocenters. The Bertz CT molecular complexity index is 1510. The van der Waals surface area contributed by atoms with Crippen LogP contribution in [0.1, 0.15) is 19.4 Å². The second kappa shape index (κ2) is 10.3. The van der Waals surface area contributed by atoms with Gasteiger partial charge < -0.3 is 5.11 Å². The summed E-state index contributed by atoms with van der Waals surface area (Å²) in [7, 11) is -8.14. The molecule has 0 saturated carbocycles. The highest BCUT2D eigenvalue weighted by molar-refractivity contribution is 7.93. The number of allylic oxidation sites excluding steroid dienone is 2. The van der Waals surface area contributed by atoms with Crippen LogP contribution in [0, 0.1) is 0 Å². The average molecular weight is 555 g/mol. The molecule has 0 atom stereocenters. The van der Waals surface area contributed by atoms with Gasteiger partial charge in [-0.15, -0.1) is 0 Å². The number of rotatable bonds is 8. The van der Waals surface area contributed by atoms with Crippen LogP contribution in [0.3, 0.4) is 0 Å². The summed E-state index contributed by atoms with van der Waals surface area (Å²) in [6.45, 7) is 2.45. The van der Waals surface area contributed by atoms with Crippen LogP contribution < -0.4 is 9.44 Å². The van der Waals surface area contributed by atoms with Gasteiger partial charge in [-0.05, 0) is 80.6 Å². The van der Waals surface area contributed by atoms with Gasteiger partial charge in [-0.25, -0.2) is 16.8 Å². The quantitative estimate of drug-likeness (QED) is 0.250. The molecule has 35 heavy (non-hydrogen) atoms. The zero-order valence-corrected chi connectivity index (χ0v) is 21.6. The van der Waals surface area contributed by atoms with Crippen molar-refractivity contribution in [2.45, 2.75) is 23.6 Å². The molecule has 0 heterocycles. The molecule has 3 aromatic carbocycles. The number of hydrogen-bond acceptors (Lipinski definition) is 6. The van der Waals surface area contributed by atoms with E-state index in [1.807, 2.05) is 0 Å². The van der Waals surface area contributed by atoms with Gasteiger partial charge in [-0.1, -0.05) is 23.2 Å². The van der Waals surface area contributed by atoms with Crippen molar-refractivity contribution in [1.29, 1.82) is 0 Å². The van der Waals surface area contributed by atoms with E-state index in [-0.39, 0.29) is 38.1 Å². The molecule has 3 N–H and O–H groups in total. The van der Waals surface area contributed by atoms with Crippen LogP contribution in [-0.2, 0) is 24.8 Å². The molecule has 8 nitrogen and oxygen atoms in total. The average Bonchev–Trinajstić information content (AvgIpc) is 2.75. The molecule has 3 rings (SSSR count). The summed E-state index contributed by atoms with van der Waals surface area (Å²) < 4.78 is 56.2. The summed E-state index contributed by atoms with van der Waals surface area (Å²) in [5.74, 6) is -0.934. The predicted octanol–water partition coefficient (Wildman–Crippen LogP) is 5.47. The summed E-state index contributed by atoms with van der Waals surface area (Å²) in [6.07, 6.45) is 0. The second-order valence-corrected chi connectivity index (χ2v) is 11.6. The van der Waals surface area contributed by atoms with Crippen LogP contribution >= 0.6 is 23.2 Å². The number of aliphatic hydroxyl groups excluding tert-OH is 1. The minimum absolute atomic E-state index is 0.0219. The molecule has 0 saturated heterocycles. The molecule has 0 spiro atoms. The Morgan fingerprint density at radius 2 is 1.20 bits per heavy atom. The van der Waals surface area contributed by atoms with Crippen LogP contribution in [-0.4, -0.2) is 27.7 Å². The number of halogens is 2. The predicted molar refractivity (Wildman–Crippen MR) is 137 cm³/mol. The van der Waals surface area contributed by atoms with Gasteiger partial charge >= 0.3 is 0 Å². The highest BCUT2D eigenvalue weighted by atomic mass is 35.5. The molecule has 0 bridgehead atoms. The Kier molecular flexibility index (Phi) is 7.80. The number of hydrogen-bond donors (Lipinski definition) is 3. The van der Waals surface area contributed by atoms with Crippen molar-refractivity contribution in [2.24, 2.45) is 0 Å². The molecule has 12 heteroatoms. The number of carbonyl (C=O) groups excluding carboxylic acids is 1. The summed E-state index contributed by atoms with van der Waals surface area (Å²) in [5.41, 5.74) is -0.227. The lowest BCUT2D eigenvalue weighted by atomic mass is 9.99. The Morgan fingerprint density at radius 3 is 1.63 bits per heavy atom. The normalized spacial score (nSPS) is 12.6. The molecule has 0 aliphatic rings. The van der Waals surface area contributed by atoms with E-state index in [1.54, 1.807) is 0 Å². The van der Waals surface area contributed by atoms with Crippen molar-refractivity contribution in [2.75, 3.05) is 9.44 Å². The fraction of sp³-hybridized carbons (Fsp3) is 0.0870. The molecule has 0 radical (unpaired) electrons. The smallest absolute Gasteiger partial charge is 0.261 e. The number of aliphatic hydroxyl groups is 1. The fourth-order valence-electron chi connectivity index (χ4n) is 3.19. The molecule has 0 fully saturated rings. The van der Waals surface area contributed by atoms with Crippen molar-refractivity contribution >= 4 is 66.0 Å². The first-order valence-electron chi connectivity index (χ1n) is 9.92. The standard InChI is InChI=1S/C23H20Cl2N2O6S2/c1-14(28)23(15(2)29)21-13-18(26-34(30,31)19-8-3-16(24)4-9-19)7-12-22(21)27-35(32,33)20-10-5-17(25)6-11-20/h3-13,26-28H,1-2H3. The largest absolute Gasteiger partial charge is 0.512 e. The lowest BCUT2D eigenvalue weighted by molar-refractivity contribution is -0.111. The van der Waals surface area contributed by atoms with E-state index in [1.165, 1.54) is 80.6 Å². The van der Waals surface area contributed by atoms with Crippen molar-refractivity contribution in [3.63, 3.8) is 0 Å². The lowest BCUT2D eigenvalue weighted by Gasteiger charge is -2.17. The van der Waals surface area contributed by atoms with Gasteiger partial charge in [0.1, 0.15) is 5.76 Å². The van der Waals surface area contributed by atoms with Crippen LogP contribution in [0.15, 0.2) is 82.3 Å². The lowest BCUT2D eigenvalue weighted by Crippen LogP contribution is -2.16. The molecule has 0 aliphatic carbocycles. The van der Waals surface area contributed by atoms with Gasteiger partial charge in [0.15, 0.2) is 5.78 Å². The zero-order valence-electron chi connectivity index (χ0n) is 18.4. The minimum atomic E-state index is -4.11. The maximum Gasteiger partial charge on any atom is 0.261 e. The van der Waals surface area contributed by atoms with Crippen molar-refractivity contribution < 1.29 is 26.7 Å². The number of Topliss-reactive ketones (excluding diaryl/α,β-unsaturated/α-hetero) is 1.